The van der Waals surface area contributed by atoms with Crippen molar-refractivity contribution in [3.63, 3.8) is 0 Å². The Bertz CT molecular complexity index is 796. The van der Waals surface area contributed by atoms with Crippen LogP contribution in [0.25, 0.3) is 0 Å². The molecule has 7 nitrogen and oxygen atoms in total. The van der Waals surface area contributed by atoms with Gasteiger partial charge in [0.1, 0.15) is 12.4 Å². The molecule has 1 aliphatic rings. The number of non-ortho nitro benzene ring substituents is 1. The van der Waals surface area contributed by atoms with Gasteiger partial charge in [-0.2, -0.15) is 0 Å². The summed E-state index contributed by atoms with van der Waals surface area (Å²) in [6.07, 6.45) is 2.20. The first kappa shape index (κ1) is 19.0. The van der Waals surface area contributed by atoms with Crippen LogP contribution in [0.4, 0.5) is 5.69 Å². The fraction of sp³-hybridized carbons (Fsp3) is 0.400. The summed E-state index contributed by atoms with van der Waals surface area (Å²) in [7, 11) is 3.27. The lowest BCUT2D eigenvalue weighted by molar-refractivity contribution is -0.384. The number of nitro groups is 1. The molecule has 1 saturated heterocycles. The van der Waals surface area contributed by atoms with Gasteiger partial charge in [-0.3, -0.25) is 15.0 Å². The Morgan fingerprint density at radius 1 is 1.15 bits per heavy atom. The molecule has 3 rings (SSSR count). The van der Waals surface area contributed by atoms with Crippen LogP contribution in [0.5, 0.6) is 17.2 Å². The fourth-order valence-corrected chi connectivity index (χ4v) is 3.50. The summed E-state index contributed by atoms with van der Waals surface area (Å²) >= 11 is 0. The molecule has 0 amide bonds. The van der Waals surface area contributed by atoms with E-state index in [2.05, 4.69) is 11.0 Å². The lowest BCUT2D eigenvalue weighted by atomic mass is 10.0. The zero-order chi connectivity index (χ0) is 19.2. The van der Waals surface area contributed by atoms with Crippen molar-refractivity contribution in [2.24, 2.45) is 0 Å². The maximum Gasteiger partial charge on any atom is 0.273 e. The van der Waals surface area contributed by atoms with Crippen LogP contribution in [0, 0.1) is 10.1 Å². The molecule has 2 aromatic carbocycles. The minimum atomic E-state index is -0.416. The Balaban J connectivity index is 1.62. The molecule has 7 heteroatoms. The Labute approximate surface area is 158 Å². The van der Waals surface area contributed by atoms with E-state index in [1.807, 2.05) is 12.1 Å². The van der Waals surface area contributed by atoms with Crippen molar-refractivity contribution in [3.05, 3.63) is 58.1 Å². The number of ether oxygens (including phenoxy) is 3. The average molecular weight is 372 g/mol. The lowest BCUT2D eigenvalue weighted by Crippen LogP contribution is -2.28. The maximum absolute atomic E-state index is 10.9. The summed E-state index contributed by atoms with van der Waals surface area (Å²) in [6.45, 7) is 2.23. The number of methoxy groups -OCH3 is 2. The predicted molar refractivity (Wildman–Crippen MR) is 102 cm³/mol. The average Bonchev–Trinajstić information content (AvgIpc) is 3.16. The number of rotatable bonds is 8. The van der Waals surface area contributed by atoms with Gasteiger partial charge in [0, 0.05) is 18.7 Å². The SMILES string of the molecule is COc1ccc(C2CCCN2CCOc2cccc([N+](=O)[O-])c2)cc1OC. The van der Waals surface area contributed by atoms with Crippen molar-refractivity contribution in [3.8, 4) is 17.2 Å². The van der Waals surface area contributed by atoms with E-state index in [0.29, 0.717) is 18.4 Å². The van der Waals surface area contributed by atoms with E-state index in [1.165, 1.54) is 17.7 Å². The summed E-state index contributed by atoms with van der Waals surface area (Å²) in [5.74, 6) is 1.97. The van der Waals surface area contributed by atoms with E-state index in [9.17, 15) is 10.1 Å². The molecule has 0 aromatic heterocycles. The van der Waals surface area contributed by atoms with Crippen LogP contribution >= 0.6 is 0 Å². The van der Waals surface area contributed by atoms with Crippen molar-refractivity contribution in [1.29, 1.82) is 0 Å². The summed E-state index contributed by atoms with van der Waals surface area (Å²) in [6, 6.07) is 12.6. The van der Waals surface area contributed by atoms with Crippen LogP contribution in [0.3, 0.4) is 0 Å². The van der Waals surface area contributed by atoms with Gasteiger partial charge in [0.15, 0.2) is 11.5 Å². The molecule has 0 N–H and O–H groups in total. The number of likely N-dealkylation sites (tertiary alicyclic amines) is 1. The lowest BCUT2D eigenvalue weighted by Gasteiger charge is -2.25. The topological polar surface area (TPSA) is 74.1 Å². The van der Waals surface area contributed by atoms with E-state index >= 15 is 0 Å². The number of nitro benzene ring substituents is 1. The highest BCUT2D eigenvalue weighted by Crippen LogP contribution is 2.36. The highest BCUT2D eigenvalue weighted by atomic mass is 16.6. The molecule has 1 heterocycles. The molecular formula is C20H24N2O5. The first-order valence-corrected chi connectivity index (χ1v) is 8.95. The van der Waals surface area contributed by atoms with E-state index in [0.717, 1.165) is 37.4 Å². The summed E-state index contributed by atoms with van der Waals surface area (Å²) < 4.78 is 16.5. The molecule has 0 bridgehead atoms. The number of nitrogens with zero attached hydrogens (tertiary/aromatic N) is 2. The number of hydrogen-bond acceptors (Lipinski definition) is 6. The van der Waals surface area contributed by atoms with E-state index in [1.54, 1.807) is 26.4 Å². The van der Waals surface area contributed by atoms with Crippen LogP contribution in [-0.2, 0) is 0 Å². The molecule has 1 aliphatic heterocycles. The fourth-order valence-electron chi connectivity index (χ4n) is 3.50. The minimum Gasteiger partial charge on any atom is -0.493 e. The molecule has 1 unspecified atom stereocenters. The number of hydrogen-bond donors (Lipinski definition) is 0. The second-order valence-electron chi connectivity index (χ2n) is 6.41. The van der Waals surface area contributed by atoms with Crippen LogP contribution in [0.2, 0.25) is 0 Å². The highest BCUT2D eigenvalue weighted by Gasteiger charge is 2.26. The smallest absolute Gasteiger partial charge is 0.273 e. The molecule has 0 radical (unpaired) electrons. The zero-order valence-electron chi connectivity index (χ0n) is 15.6. The van der Waals surface area contributed by atoms with E-state index in [-0.39, 0.29) is 5.69 Å². The van der Waals surface area contributed by atoms with Crippen molar-refractivity contribution >= 4 is 5.69 Å². The van der Waals surface area contributed by atoms with Crippen LogP contribution in [-0.4, -0.2) is 43.7 Å². The van der Waals surface area contributed by atoms with Crippen molar-refractivity contribution in [1.82, 2.24) is 4.90 Å². The molecule has 1 atom stereocenters. The monoisotopic (exact) mass is 372 g/mol. The van der Waals surface area contributed by atoms with Gasteiger partial charge >= 0.3 is 0 Å². The molecule has 2 aromatic rings. The van der Waals surface area contributed by atoms with Gasteiger partial charge in [0.05, 0.1) is 25.2 Å². The zero-order valence-corrected chi connectivity index (χ0v) is 15.6. The first-order chi connectivity index (χ1) is 13.1. The quantitative estimate of drug-likeness (QED) is 0.518. The Kier molecular flexibility index (Phi) is 6.13. The molecule has 144 valence electrons. The van der Waals surface area contributed by atoms with Gasteiger partial charge in [-0.05, 0) is 43.1 Å². The largest absolute Gasteiger partial charge is 0.493 e. The van der Waals surface area contributed by atoms with E-state index in [4.69, 9.17) is 14.2 Å². The Morgan fingerprint density at radius 3 is 2.70 bits per heavy atom. The van der Waals surface area contributed by atoms with Gasteiger partial charge in [-0.25, -0.2) is 0 Å². The third kappa shape index (κ3) is 4.49. The first-order valence-electron chi connectivity index (χ1n) is 8.95. The van der Waals surface area contributed by atoms with Crippen molar-refractivity contribution in [2.45, 2.75) is 18.9 Å². The standard InChI is InChI=1S/C20H24N2O5/c1-25-19-9-8-15(13-20(19)26-2)18-7-4-10-21(18)11-12-27-17-6-3-5-16(14-17)22(23)24/h3,5-6,8-9,13-14,18H,4,7,10-12H2,1-2H3. The number of benzene rings is 2. The Morgan fingerprint density at radius 2 is 1.96 bits per heavy atom. The van der Waals surface area contributed by atoms with Crippen LogP contribution < -0.4 is 14.2 Å². The third-order valence-electron chi connectivity index (χ3n) is 4.83. The van der Waals surface area contributed by atoms with Gasteiger partial charge in [-0.15, -0.1) is 0 Å². The molecule has 0 saturated carbocycles. The normalized spacial score (nSPS) is 16.9. The second kappa shape index (κ2) is 8.73. The predicted octanol–water partition coefficient (Wildman–Crippen LogP) is 3.83. The van der Waals surface area contributed by atoms with Crippen LogP contribution in [0.15, 0.2) is 42.5 Å². The Hall–Kier alpha value is -2.80. The molecule has 0 aliphatic carbocycles. The molecule has 1 fully saturated rings. The maximum atomic E-state index is 10.9. The van der Waals surface area contributed by atoms with E-state index < -0.39 is 4.92 Å². The van der Waals surface area contributed by atoms with Gasteiger partial charge in [0.25, 0.3) is 5.69 Å². The highest BCUT2D eigenvalue weighted by molar-refractivity contribution is 5.44. The van der Waals surface area contributed by atoms with Crippen LogP contribution in [0.1, 0.15) is 24.4 Å². The van der Waals surface area contributed by atoms with Gasteiger partial charge < -0.3 is 14.2 Å². The summed E-state index contributed by atoms with van der Waals surface area (Å²) in [5.41, 5.74) is 1.23. The third-order valence-corrected chi connectivity index (χ3v) is 4.83. The minimum absolute atomic E-state index is 0.0388. The molecule has 27 heavy (non-hydrogen) atoms. The van der Waals surface area contributed by atoms with Crippen molar-refractivity contribution in [2.75, 3.05) is 33.9 Å². The second-order valence-corrected chi connectivity index (χ2v) is 6.41. The summed E-state index contributed by atoms with van der Waals surface area (Å²) in [5, 5.41) is 10.9. The molecule has 0 spiro atoms. The summed E-state index contributed by atoms with van der Waals surface area (Å²) in [4.78, 5) is 12.8. The van der Waals surface area contributed by atoms with Crippen molar-refractivity contribution < 1.29 is 19.1 Å². The van der Waals surface area contributed by atoms with Gasteiger partial charge in [-0.1, -0.05) is 12.1 Å². The van der Waals surface area contributed by atoms with Gasteiger partial charge in [0.2, 0.25) is 0 Å². The molecular weight excluding hydrogens is 348 g/mol.